The summed E-state index contributed by atoms with van der Waals surface area (Å²) in [5.41, 5.74) is 3.52. The van der Waals surface area contributed by atoms with Gasteiger partial charge in [-0.25, -0.2) is 9.18 Å². The first-order chi connectivity index (χ1) is 13.4. The first-order valence-electron chi connectivity index (χ1n) is 9.65. The Balaban J connectivity index is 1.62. The fraction of sp³-hybridized carbons (Fsp3) is 0.364. The number of rotatable bonds is 6. The fourth-order valence-corrected chi connectivity index (χ4v) is 3.23. The highest BCUT2D eigenvalue weighted by atomic mass is 19.1. The van der Waals surface area contributed by atoms with Crippen LogP contribution in [0.2, 0.25) is 0 Å². The molecule has 0 aliphatic carbocycles. The minimum Gasteiger partial charge on any atom is -0.334 e. The fourth-order valence-electron chi connectivity index (χ4n) is 3.23. The lowest BCUT2D eigenvalue weighted by Crippen LogP contribution is -2.36. The third-order valence-electron chi connectivity index (χ3n) is 4.83. The number of carbonyl (C=O) groups excluding carboxylic acids is 2. The Labute approximate surface area is 164 Å². The van der Waals surface area contributed by atoms with Gasteiger partial charge in [-0.1, -0.05) is 26.0 Å². The van der Waals surface area contributed by atoms with E-state index < -0.39 is 0 Å². The molecule has 0 atom stereocenters. The Morgan fingerprint density at radius 1 is 1.14 bits per heavy atom. The average Bonchev–Trinajstić information content (AvgIpc) is 2.66. The quantitative estimate of drug-likeness (QED) is 0.773. The molecule has 148 valence electrons. The number of nitrogens with zero attached hydrogens (tertiary/aromatic N) is 1. The van der Waals surface area contributed by atoms with Crippen molar-refractivity contribution in [3.8, 4) is 0 Å². The van der Waals surface area contributed by atoms with Crippen molar-refractivity contribution in [2.24, 2.45) is 5.92 Å². The molecule has 0 spiro atoms. The SMILES string of the molecule is CC(C)CCN1C(=O)CCc2cc(NC(=O)NCc3ccc(F)cc3)ccc21. The zero-order valence-electron chi connectivity index (χ0n) is 16.3. The molecule has 0 saturated carbocycles. The summed E-state index contributed by atoms with van der Waals surface area (Å²) >= 11 is 0. The van der Waals surface area contributed by atoms with Crippen LogP contribution in [0.25, 0.3) is 0 Å². The van der Waals surface area contributed by atoms with Crippen molar-refractivity contribution in [2.45, 2.75) is 39.7 Å². The molecule has 2 N–H and O–H groups in total. The zero-order chi connectivity index (χ0) is 20.1. The van der Waals surface area contributed by atoms with Crippen LogP contribution in [0, 0.1) is 11.7 Å². The molecule has 6 heteroatoms. The van der Waals surface area contributed by atoms with Crippen LogP contribution >= 0.6 is 0 Å². The van der Waals surface area contributed by atoms with Crippen molar-refractivity contribution in [2.75, 3.05) is 16.8 Å². The number of urea groups is 1. The highest BCUT2D eigenvalue weighted by Crippen LogP contribution is 2.30. The number of anilines is 2. The maximum Gasteiger partial charge on any atom is 0.319 e. The van der Waals surface area contributed by atoms with Gasteiger partial charge in [0.1, 0.15) is 5.82 Å². The van der Waals surface area contributed by atoms with E-state index in [0.29, 0.717) is 37.5 Å². The Morgan fingerprint density at radius 2 is 1.89 bits per heavy atom. The Hall–Kier alpha value is -2.89. The smallest absolute Gasteiger partial charge is 0.319 e. The van der Waals surface area contributed by atoms with Crippen LogP contribution in [0.4, 0.5) is 20.6 Å². The molecule has 3 rings (SSSR count). The molecule has 0 fully saturated rings. The minimum atomic E-state index is -0.326. The molecule has 3 amide bonds. The molecular formula is C22H26FN3O2. The molecule has 28 heavy (non-hydrogen) atoms. The standard InChI is InChI=1S/C22H26FN3O2/c1-15(2)11-12-26-20-9-8-19(13-17(20)5-10-21(26)27)25-22(28)24-14-16-3-6-18(23)7-4-16/h3-4,6-9,13,15H,5,10-12,14H2,1-2H3,(H2,24,25,28). The number of nitrogens with one attached hydrogen (secondary N) is 2. The van der Waals surface area contributed by atoms with Gasteiger partial charge in [0.15, 0.2) is 0 Å². The summed E-state index contributed by atoms with van der Waals surface area (Å²) in [5, 5.41) is 5.58. The van der Waals surface area contributed by atoms with Gasteiger partial charge in [0.25, 0.3) is 0 Å². The van der Waals surface area contributed by atoms with Crippen molar-refractivity contribution in [1.29, 1.82) is 0 Å². The lowest BCUT2D eigenvalue weighted by Gasteiger charge is -2.30. The number of hydrogen-bond donors (Lipinski definition) is 2. The third kappa shape index (κ3) is 5.09. The number of aryl methyl sites for hydroxylation is 1. The van der Waals surface area contributed by atoms with Gasteiger partial charge in [-0.15, -0.1) is 0 Å². The molecule has 0 radical (unpaired) electrons. The molecule has 0 aromatic heterocycles. The summed E-state index contributed by atoms with van der Waals surface area (Å²) in [7, 11) is 0. The second kappa shape index (κ2) is 8.87. The summed E-state index contributed by atoms with van der Waals surface area (Å²) in [6.07, 6.45) is 2.13. The second-order valence-corrected chi connectivity index (χ2v) is 7.51. The molecule has 0 saturated heterocycles. The third-order valence-corrected chi connectivity index (χ3v) is 4.83. The van der Waals surface area contributed by atoms with Crippen LogP contribution in [0.5, 0.6) is 0 Å². The van der Waals surface area contributed by atoms with Gasteiger partial charge in [-0.2, -0.15) is 0 Å². The highest BCUT2D eigenvalue weighted by Gasteiger charge is 2.24. The zero-order valence-corrected chi connectivity index (χ0v) is 16.3. The number of carbonyl (C=O) groups is 2. The number of amides is 3. The van der Waals surface area contributed by atoms with E-state index in [0.717, 1.165) is 23.2 Å². The summed E-state index contributed by atoms with van der Waals surface area (Å²) in [6, 6.07) is 11.3. The molecule has 2 aromatic rings. The largest absolute Gasteiger partial charge is 0.334 e. The van der Waals surface area contributed by atoms with Crippen molar-refractivity contribution >= 4 is 23.3 Å². The second-order valence-electron chi connectivity index (χ2n) is 7.51. The normalized spacial score (nSPS) is 13.4. The number of hydrogen-bond acceptors (Lipinski definition) is 2. The molecular weight excluding hydrogens is 357 g/mol. The van der Waals surface area contributed by atoms with Gasteiger partial charge in [-0.05, 0) is 60.2 Å². The van der Waals surface area contributed by atoms with Crippen LogP contribution in [-0.2, 0) is 17.8 Å². The molecule has 0 bridgehead atoms. The summed E-state index contributed by atoms with van der Waals surface area (Å²) < 4.78 is 12.9. The number of fused-ring (bicyclic) bond motifs is 1. The number of halogens is 1. The van der Waals surface area contributed by atoms with E-state index in [9.17, 15) is 14.0 Å². The highest BCUT2D eigenvalue weighted by molar-refractivity contribution is 5.97. The molecule has 5 nitrogen and oxygen atoms in total. The van der Waals surface area contributed by atoms with Gasteiger partial charge in [0.05, 0.1) is 0 Å². The Kier molecular flexibility index (Phi) is 6.29. The summed E-state index contributed by atoms with van der Waals surface area (Å²) in [4.78, 5) is 26.3. The predicted octanol–water partition coefficient (Wildman–Crippen LogP) is 4.47. The van der Waals surface area contributed by atoms with Gasteiger partial charge >= 0.3 is 6.03 Å². The van der Waals surface area contributed by atoms with Crippen LogP contribution in [-0.4, -0.2) is 18.5 Å². The van der Waals surface area contributed by atoms with Crippen LogP contribution in [0.15, 0.2) is 42.5 Å². The van der Waals surface area contributed by atoms with Crippen LogP contribution in [0.3, 0.4) is 0 Å². The monoisotopic (exact) mass is 383 g/mol. The predicted molar refractivity (Wildman–Crippen MR) is 109 cm³/mol. The molecule has 0 unspecified atom stereocenters. The average molecular weight is 383 g/mol. The van der Waals surface area contributed by atoms with Gasteiger partial charge in [-0.3, -0.25) is 4.79 Å². The van der Waals surface area contributed by atoms with E-state index in [1.807, 2.05) is 23.1 Å². The summed E-state index contributed by atoms with van der Waals surface area (Å²) in [5.74, 6) is 0.387. The first kappa shape index (κ1) is 19.9. The van der Waals surface area contributed by atoms with Crippen LogP contribution in [0.1, 0.15) is 37.8 Å². The van der Waals surface area contributed by atoms with Gasteiger partial charge < -0.3 is 15.5 Å². The Bertz CT molecular complexity index is 849. The first-order valence-corrected chi connectivity index (χ1v) is 9.65. The topological polar surface area (TPSA) is 61.4 Å². The Morgan fingerprint density at radius 3 is 2.61 bits per heavy atom. The van der Waals surface area contributed by atoms with Crippen LogP contribution < -0.4 is 15.5 Å². The number of benzene rings is 2. The van der Waals surface area contributed by atoms with E-state index in [4.69, 9.17) is 0 Å². The van der Waals surface area contributed by atoms with Gasteiger partial charge in [0.2, 0.25) is 5.91 Å². The van der Waals surface area contributed by atoms with Crippen molar-refractivity contribution in [3.05, 3.63) is 59.4 Å². The van der Waals surface area contributed by atoms with E-state index >= 15 is 0 Å². The minimum absolute atomic E-state index is 0.158. The van der Waals surface area contributed by atoms with Crippen molar-refractivity contribution < 1.29 is 14.0 Å². The van der Waals surface area contributed by atoms with E-state index in [2.05, 4.69) is 24.5 Å². The maximum atomic E-state index is 12.9. The summed E-state index contributed by atoms with van der Waals surface area (Å²) in [6.45, 7) is 5.32. The lowest BCUT2D eigenvalue weighted by atomic mass is 9.99. The molecule has 1 aliphatic heterocycles. The van der Waals surface area contributed by atoms with E-state index in [1.54, 1.807) is 12.1 Å². The van der Waals surface area contributed by atoms with E-state index in [1.165, 1.54) is 12.1 Å². The van der Waals surface area contributed by atoms with Crippen molar-refractivity contribution in [3.63, 3.8) is 0 Å². The molecule has 2 aromatic carbocycles. The molecule has 1 aliphatic rings. The maximum absolute atomic E-state index is 12.9. The van der Waals surface area contributed by atoms with Gasteiger partial charge in [0, 0.05) is 30.9 Å². The molecule has 1 heterocycles. The van der Waals surface area contributed by atoms with Crippen molar-refractivity contribution in [1.82, 2.24) is 5.32 Å². The van der Waals surface area contributed by atoms with E-state index in [-0.39, 0.29) is 17.8 Å². The lowest BCUT2D eigenvalue weighted by molar-refractivity contribution is -0.118.